The van der Waals surface area contributed by atoms with Crippen LogP contribution in [0.3, 0.4) is 0 Å². The number of fused-ring (bicyclic) bond motifs is 1. The smallest absolute Gasteiger partial charge is 0.342 e. The number of carbonyl (C=O) groups is 1. The zero-order valence-corrected chi connectivity index (χ0v) is 16.4. The van der Waals surface area contributed by atoms with Crippen LogP contribution < -0.4 is 4.74 Å². The number of hydrogen-bond donors (Lipinski definition) is 0. The number of nitrogens with zero attached hydrogens (tertiary/aromatic N) is 2. The summed E-state index contributed by atoms with van der Waals surface area (Å²) in [5.41, 5.74) is 2.51. The highest BCUT2D eigenvalue weighted by molar-refractivity contribution is 5.98. The topological polar surface area (TPSA) is 87.6 Å². The van der Waals surface area contributed by atoms with Crippen LogP contribution in [0.25, 0.3) is 10.8 Å². The number of benzene rings is 2. The molecule has 0 amide bonds. The Hall–Kier alpha value is -3.61. The standard InChI is InChI=1S/C22H20N2O5/c1-13-8-18(24-28-13)11-27-22(25)19-9-16-6-4-5-7-17(16)10-21(19)26-12-20-14(2)23-29-15(20)3/h4-10H,11-12H2,1-3H3. The molecule has 0 aliphatic heterocycles. The molecular formula is C22H20N2O5. The maximum Gasteiger partial charge on any atom is 0.342 e. The zero-order chi connectivity index (χ0) is 20.4. The molecule has 2 aromatic carbocycles. The number of carbonyl (C=O) groups excluding carboxylic acids is 1. The van der Waals surface area contributed by atoms with Crippen LogP contribution in [0.4, 0.5) is 0 Å². The Kier molecular flexibility index (Phi) is 5.03. The lowest BCUT2D eigenvalue weighted by molar-refractivity contribution is 0.0459. The van der Waals surface area contributed by atoms with Crippen molar-refractivity contribution in [3.63, 3.8) is 0 Å². The Bertz CT molecular complexity index is 1160. The molecule has 0 aliphatic rings. The van der Waals surface area contributed by atoms with Crippen molar-refractivity contribution in [3.8, 4) is 5.75 Å². The Morgan fingerprint density at radius 1 is 0.966 bits per heavy atom. The van der Waals surface area contributed by atoms with Gasteiger partial charge in [0.1, 0.15) is 41.7 Å². The van der Waals surface area contributed by atoms with Crippen LogP contribution in [0.1, 0.15) is 38.8 Å². The molecule has 0 N–H and O–H groups in total. The first-order valence-electron chi connectivity index (χ1n) is 9.18. The number of aromatic nitrogens is 2. The molecule has 0 fully saturated rings. The van der Waals surface area contributed by atoms with Gasteiger partial charge < -0.3 is 18.5 Å². The third kappa shape index (κ3) is 3.99. The molecule has 0 atom stereocenters. The van der Waals surface area contributed by atoms with Gasteiger partial charge in [-0.3, -0.25) is 0 Å². The first-order chi connectivity index (χ1) is 14.0. The number of rotatable bonds is 6. The predicted octanol–water partition coefficient (Wildman–Crippen LogP) is 4.68. The molecule has 7 nitrogen and oxygen atoms in total. The van der Waals surface area contributed by atoms with Crippen LogP contribution in [0.5, 0.6) is 5.75 Å². The summed E-state index contributed by atoms with van der Waals surface area (Å²) in [5.74, 6) is 1.29. The lowest BCUT2D eigenvalue weighted by Gasteiger charge is -2.12. The molecule has 4 rings (SSSR count). The van der Waals surface area contributed by atoms with Gasteiger partial charge in [-0.15, -0.1) is 0 Å². The summed E-state index contributed by atoms with van der Waals surface area (Å²) in [6.07, 6.45) is 0. The Balaban J connectivity index is 1.61. The summed E-state index contributed by atoms with van der Waals surface area (Å²) in [5, 5.41) is 9.66. The highest BCUT2D eigenvalue weighted by Gasteiger charge is 2.18. The molecule has 0 aliphatic carbocycles. The van der Waals surface area contributed by atoms with Crippen LogP contribution in [0.15, 0.2) is 51.5 Å². The van der Waals surface area contributed by atoms with Gasteiger partial charge in [0.2, 0.25) is 0 Å². The Morgan fingerprint density at radius 2 is 1.72 bits per heavy atom. The van der Waals surface area contributed by atoms with E-state index in [-0.39, 0.29) is 13.2 Å². The highest BCUT2D eigenvalue weighted by atomic mass is 16.5. The van der Waals surface area contributed by atoms with Crippen molar-refractivity contribution >= 4 is 16.7 Å². The van der Waals surface area contributed by atoms with E-state index in [0.717, 1.165) is 22.0 Å². The van der Waals surface area contributed by atoms with E-state index in [4.69, 9.17) is 18.5 Å². The zero-order valence-electron chi connectivity index (χ0n) is 16.4. The van der Waals surface area contributed by atoms with Crippen LogP contribution in [-0.2, 0) is 18.0 Å². The van der Waals surface area contributed by atoms with Crippen molar-refractivity contribution in [1.29, 1.82) is 0 Å². The Morgan fingerprint density at radius 3 is 2.38 bits per heavy atom. The van der Waals surface area contributed by atoms with Gasteiger partial charge in [0.15, 0.2) is 0 Å². The monoisotopic (exact) mass is 392 g/mol. The van der Waals surface area contributed by atoms with Gasteiger partial charge >= 0.3 is 5.97 Å². The normalized spacial score (nSPS) is 11.0. The minimum atomic E-state index is -0.495. The number of hydrogen-bond acceptors (Lipinski definition) is 7. The third-order valence-electron chi connectivity index (χ3n) is 4.65. The van der Waals surface area contributed by atoms with E-state index < -0.39 is 5.97 Å². The maximum absolute atomic E-state index is 12.8. The molecule has 0 saturated heterocycles. The molecule has 0 unspecified atom stereocenters. The van der Waals surface area contributed by atoms with Gasteiger partial charge in [-0.2, -0.15) is 0 Å². The lowest BCUT2D eigenvalue weighted by Crippen LogP contribution is -2.09. The largest absolute Gasteiger partial charge is 0.488 e. The minimum Gasteiger partial charge on any atom is -0.488 e. The average Bonchev–Trinajstić information content (AvgIpc) is 3.28. The van der Waals surface area contributed by atoms with E-state index in [1.807, 2.05) is 44.2 Å². The van der Waals surface area contributed by atoms with Crippen molar-refractivity contribution in [1.82, 2.24) is 10.3 Å². The van der Waals surface area contributed by atoms with E-state index in [1.165, 1.54) is 0 Å². The fourth-order valence-electron chi connectivity index (χ4n) is 3.06. The maximum atomic E-state index is 12.8. The third-order valence-corrected chi connectivity index (χ3v) is 4.65. The van der Waals surface area contributed by atoms with Crippen LogP contribution in [-0.4, -0.2) is 16.3 Å². The van der Waals surface area contributed by atoms with Gasteiger partial charge in [0.05, 0.1) is 11.3 Å². The molecule has 4 aromatic rings. The lowest BCUT2D eigenvalue weighted by atomic mass is 10.1. The summed E-state index contributed by atoms with van der Waals surface area (Å²) in [4.78, 5) is 12.8. The average molecular weight is 392 g/mol. The van der Waals surface area contributed by atoms with E-state index in [0.29, 0.717) is 28.5 Å². The summed E-state index contributed by atoms with van der Waals surface area (Å²) in [6, 6.07) is 13.1. The fraction of sp³-hybridized carbons (Fsp3) is 0.227. The van der Waals surface area contributed by atoms with E-state index in [2.05, 4.69) is 10.3 Å². The molecule has 7 heteroatoms. The van der Waals surface area contributed by atoms with Gasteiger partial charge in [0, 0.05) is 6.07 Å². The molecule has 0 radical (unpaired) electrons. The molecule has 0 saturated carbocycles. The van der Waals surface area contributed by atoms with Crippen LogP contribution >= 0.6 is 0 Å². The van der Waals surface area contributed by atoms with E-state index in [9.17, 15) is 4.79 Å². The van der Waals surface area contributed by atoms with Crippen molar-refractivity contribution in [2.75, 3.05) is 0 Å². The number of ether oxygens (including phenoxy) is 2. The van der Waals surface area contributed by atoms with Crippen molar-refractivity contribution in [2.45, 2.75) is 34.0 Å². The van der Waals surface area contributed by atoms with Gasteiger partial charge in [-0.1, -0.05) is 34.6 Å². The minimum absolute atomic E-state index is 0.0201. The molecule has 0 bridgehead atoms. The first-order valence-corrected chi connectivity index (χ1v) is 9.18. The summed E-state index contributed by atoms with van der Waals surface area (Å²) in [6.45, 7) is 5.72. The van der Waals surface area contributed by atoms with Crippen LogP contribution in [0.2, 0.25) is 0 Å². The second kappa shape index (κ2) is 7.79. The van der Waals surface area contributed by atoms with Crippen molar-refractivity contribution in [2.24, 2.45) is 0 Å². The Labute approximate surface area is 167 Å². The molecule has 0 spiro atoms. The molecule has 29 heavy (non-hydrogen) atoms. The number of aryl methyl sites for hydroxylation is 3. The van der Waals surface area contributed by atoms with Gasteiger partial charge in [-0.05, 0) is 43.7 Å². The first kappa shape index (κ1) is 18.7. The van der Waals surface area contributed by atoms with E-state index in [1.54, 1.807) is 19.1 Å². The molecule has 2 heterocycles. The molecular weight excluding hydrogens is 372 g/mol. The second-order valence-corrected chi connectivity index (χ2v) is 6.79. The summed E-state index contributed by atoms with van der Waals surface area (Å²) < 4.78 is 21.6. The predicted molar refractivity (Wildman–Crippen MR) is 105 cm³/mol. The quantitative estimate of drug-likeness (QED) is 0.440. The number of esters is 1. The second-order valence-electron chi connectivity index (χ2n) is 6.79. The molecule has 2 aromatic heterocycles. The highest BCUT2D eigenvalue weighted by Crippen LogP contribution is 2.28. The van der Waals surface area contributed by atoms with Crippen LogP contribution in [0, 0.1) is 20.8 Å². The van der Waals surface area contributed by atoms with Gasteiger partial charge in [0.25, 0.3) is 0 Å². The van der Waals surface area contributed by atoms with Crippen molar-refractivity contribution < 1.29 is 23.3 Å². The SMILES string of the molecule is Cc1cc(COC(=O)c2cc3ccccc3cc2OCc2c(C)noc2C)no1. The van der Waals surface area contributed by atoms with Crippen molar-refractivity contribution in [3.05, 3.63) is 76.5 Å². The van der Waals surface area contributed by atoms with E-state index >= 15 is 0 Å². The summed E-state index contributed by atoms with van der Waals surface area (Å²) >= 11 is 0. The van der Waals surface area contributed by atoms with Gasteiger partial charge in [-0.25, -0.2) is 4.79 Å². The molecule has 148 valence electrons. The summed E-state index contributed by atoms with van der Waals surface area (Å²) in [7, 11) is 0. The fourth-order valence-corrected chi connectivity index (χ4v) is 3.06.